The molecular formula is C20H24O7. The smallest absolute Gasteiger partial charge is 0.336 e. The van der Waals surface area contributed by atoms with Crippen molar-refractivity contribution in [2.24, 2.45) is 5.92 Å². The number of rotatable bonds is 8. The first-order chi connectivity index (χ1) is 12.7. The number of carbonyl (C=O) groups is 1. The average molecular weight is 376 g/mol. The molecule has 0 radical (unpaired) electrons. The summed E-state index contributed by atoms with van der Waals surface area (Å²) < 4.78 is 15.5. The second kappa shape index (κ2) is 8.83. The highest BCUT2D eigenvalue weighted by atomic mass is 16.5. The Kier molecular flexibility index (Phi) is 6.76. The third-order valence-corrected chi connectivity index (χ3v) is 4.01. The highest BCUT2D eigenvalue weighted by Gasteiger charge is 2.28. The number of aliphatic hydroxyl groups excluding tert-OH is 2. The van der Waals surface area contributed by atoms with Crippen LogP contribution in [0.3, 0.4) is 0 Å². The number of methoxy groups -OCH3 is 1. The van der Waals surface area contributed by atoms with Crippen LogP contribution < -0.4 is 10.4 Å². The minimum absolute atomic E-state index is 0.108. The molecule has 146 valence electrons. The van der Waals surface area contributed by atoms with E-state index in [2.05, 4.69) is 6.58 Å². The van der Waals surface area contributed by atoms with Crippen LogP contribution in [0.4, 0.5) is 0 Å². The summed E-state index contributed by atoms with van der Waals surface area (Å²) in [4.78, 5) is 23.3. The minimum atomic E-state index is -1.49. The van der Waals surface area contributed by atoms with Gasteiger partial charge in [0, 0.05) is 17.9 Å². The van der Waals surface area contributed by atoms with E-state index in [4.69, 9.17) is 13.9 Å². The molecule has 0 aliphatic heterocycles. The largest absolute Gasteiger partial charge is 0.496 e. The van der Waals surface area contributed by atoms with Crippen molar-refractivity contribution in [3.63, 3.8) is 0 Å². The molecule has 2 atom stereocenters. The second-order valence-electron chi connectivity index (χ2n) is 6.66. The van der Waals surface area contributed by atoms with Crippen molar-refractivity contribution in [3.05, 3.63) is 52.4 Å². The molecule has 0 amide bonds. The minimum Gasteiger partial charge on any atom is -0.496 e. The van der Waals surface area contributed by atoms with Crippen LogP contribution in [0.15, 0.2) is 45.6 Å². The Morgan fingerprint density at radius 3 is 2.52 bits per heavy atom. The second-order valence-corrected chi connectivity index (χ2v) is 6.66. The van der Waals surface area contributed by atoms with Crippen molar-refractivity contribution in [2.45, 2.75) is 32.5 Å². The fourth-order valence-corrected chi connectivity index (χ4v) is 2.63. The molecule has 0 aliphatic carbocycles. The zero-order valence-corrected chi connectivity index (χ0v) is 15.6. The van der Waals surface area contributed by atoms with Crippen molar-refractivity contribution in [1.29, 1.82) is 0 Å². The fraction of sp³-hybridized carbons (Fsp3) is 0.400. The highest BCUT2D eigenvalue weighted by Crippen LogP contribution is 2.35. The standard InChI is InChI=1S/C20H24O7/c1-11(2)9-16(22)26-10-12(3)18(23)19(24)17-14(25-4)7-5-13-6-8-15(21)27-20(13)17/h5-8,11,18-19,23-24H,3,9-10H2,1-2,4H3/t18-,19-/m1/s1. The molecule has 0 spiro atoms. The summed E-state index contributed by atoms with van der Waals surface area (Å²) >= 11 is 0. The molecule has 7 nitrogen and oxygen atoms in total. The van der Waals surface area contributed by atoms with Crippen molar-refractivity contribution in [1.82, 2.24) is 0 Å². The lowest BCUT2D eigenvalue weighted by Gasteiger charge is -2.22. The Morgan fingerprint density at radius 1 is 1.22 bits per heavy atom. The number of fused-ring (bicyclic) bond motifs is 1. The van der Waals surface area contributed by atoms with Gasteiger partial charge in [-0.3, -0.25) is 4.79 Å². The fourth-order valence-electron chi connectivity index (χ4n) is 2.63. The molecule has 0 unspecified atom stereocenters. The number of esters is 1. The van der Waals surface area contributed by atoms with Crippen molar-refractivity contribution >= 4 is 16.9 Å². The molecule has 0 fully saturated rings. The third-order valence-electron chi connectivity index (χ3n) is 4.01. The quantitative estimate of drug-likeness (QED) is 0.414. The Hall–Kier alpha value is -2.64. The molecule has 1 aromatic carbocycles. The predicted molar refractivity (Wildman–Crippen MR) is 99.6 cm³/mol. The van der Waals surface area contributed by atoms with Gasteiger partial charge in [-0.2, -0.15) is 0 Å². The Bertz CT molecular complexity index is 882. The van der Waals surface area contributed by atoms with E-state index in [9.17, 15) is 19.8 Å². The van der Waals surface area contributed by atoms with Crippen LogP contribution in [0.1, 0.15) is 31.9 Å². The zero-order valence-electron chi connectivity index (χ0n) is 15.6. The number of aliphatic hydroxyl groups is 2. The summed E-state index contributed by atoms with van der Waals surface area (Å²) in [5.74, 6) is -0.0290. The van der Waals surface area contributed by atoms with E-state index < -0.39 is 23.8 Å². The first-order valence-electron chi connectivity index (χ1n) is 8.54. The van der Waals surface area contributed by atoms with Gasteiger partial charge in [0.1, 0.15) is 30.1 Å². The van der Waals surface area contributed by atoms with E-state index in [0.717, 1.165) is 0 Å². The Labute approximate surface area is 156 Å². The molecule has 1 aromatic heterocycles. The van der Waals surface area contributed by atoms with Gasteiger partial charge in [-0.05, 0) is 29.7 Å². The molecule has 2 aromatic rings. The van der Waals surface area contributed by atoms with Crippen LogP contribution in [0, 0.1) is 5.92 Å². The number of benzene rings is 1. The molecule has 0 saturated heterocycles. The molecule has 0 aliphatic rings. The number of hydrogen-bond acceptors (Lipinski definition) is 7. The van der Waals surface area contributed by atoms with Gasteiger partial charge in [0.2, 0.25) is 0 Å². The lowest BCUT2D eigenvalue weighted by molar-refractivity contribution is -0.143. The Balaban J connectivity index is 2.26. The van der Waals surface area contributed by atoms with E-state index in [1.165, 1.54) is 13.2 Å². The van der Waals surface area contributed by atoms with Crippen LogP contribution in [0.5, 0.6) is 5.75 Å². The summed E-state index contributed by atoms with van der Waals surface area (Å²) in [6, 6.07) is 6.07. The summed E-state index contributed by atoms with van der Waals surface area (Å²) in [5.41, 5.74) is -0.259. The average Bonchev–Trinajstić information content (AvgIpc) is 2.63. The molecule has 0 saturated carbocycles. The first kappa shape index (κ1) is 20.7. The Morgan fingerprint density at radius 2 is 1.89 bits per heavy atom. The summed E-state index contributed by atoms with van der Waals surface area (Å²) in [5, 5.41) is 21.7. The number of ether oxygens (including phenoxy) is 2. The van der Waals surface area contributed by atoms with Gasteiger partial charge in [-0.15, -0.1) is 0 Å². The lowest BCUT2D eigenvalue weighted by atomic mass is 9.96. The van der Waals surface area contributed by atoms with Gasteiger partial charge in [0.05, 0.1) is 12.7 Å². The maximum absolute atomic E-state index is 11.7. The van der Waals surface area contributed by atoms with E-state index in [-0.39, 0.29) is 41.4 Å². The maximum atomic E-state index is 11.7. The summed E-state index contributed by atoms with van der Waals surface area (Å²) in [7, 11) is 1.40. The predicted octanol–water partition coefficient (Wildman–Crippen LogP) is 2.34. The molecule has 2 rings (SSSR count). The van der Waals surface area contributed by atoms with E-state index >= 15 is 0 Å². The first-order valence-corrected chi connectivity index (χ1v) is 8.54. The summed E-state index contributed by atoms with van der Waals surface area (Å²) in [6.07, 6.45) is -2.71. The van der Waals surface area contributed by atoms with Crippen molar-refractivity contribution in [3.8, 4) is 5.75 Å². The van der Waals surface area contributed by atoms with Crippen LogP contribution in [0.25, 0.3) is 11.0 Å². The SMILES string of the molecule is C=C(COC(=O)CC(C)C)[C@@H](O)[C@H](O)c1c(OC)ccc2ccc(=O)oc12. The summed E-state index contributed by atoms with van der Waals surface area (Å²) in [6.45, 7) is 7.22. The molecule has 7 heteroatoms. The highest BCUT2D eigenvalue weighted by molar-refractivity contribution is 5.82. The topological polar surface area (TPSA) is 106 Å². The number of hydrogen-bond donors (Lipinski definition) is 2. The molecular weight excluding hydrogens is 352 g/mol. The van der Waals surface area contributed by atoms with E-state index in [0.29, 0.717) is 5.39 Å². The van der Waals surface area contributed by atoms with E-state index in [1.807, 2.05) is 13.8 Å². The molecule has 1 heterocycles. The van der Waals surface area contributed by atoms with E-state index in [1.54, 1.807) is 18.2 Å². The molecule has 0 bridgehead atoms. The van der Waals surface area contributed by atoms with Crippen LogP contribution in [0.2, 0.25) is 0 Å². The monoisotopic (exact) mass is 376 g/mol. The van der Waals surface area contributed by atoms with Crippen molar-refractivity contribution in [2.75, 3.05) is 13.7 Å². The van der Waals surface area contributed by atoms with Crippen LogP contribution >= 0.6 is 0 Å². The van der Waals surface area contributed by atoms with Gasteiger partial charge in [0.15, 0.2) is 0 Å². The zero-order chi connectivity index (χ0) is 20.1. The van der Waals surface area contributed by atoms with Crippen LogP contribution in [-0.4, -0.2) is 36.0 Å². The van der Waals surface area contributed by atoms with Crippen LogP contribution in [-0.2, 0) is 9.53 Å². The normalized spacial score (nSPS) is 13.4. The van der Waals surface area contributed by atoms with Crippen molar-refractivity contribution < 1.29 is 28.9 Å². The van der Waals surface area contributed by atoms with Gasteiger partial charge in [0.25, 0.3) is 0 Å². The van der Waals surface area contributed by atoms with Gasteiger partial charge in [-0.25, -0.2) is 4.79 Å². The molecule has 27 heavy (non-hydrogen) atoms. The van der Waals surface area contributed by atoms with Gasteiger partial charge in [-0.1, -0.05) is 20.4 Å². The van der Waals surface area contributed by atoms with Gasteiger partial charge < -0.3 is 24.1 Å². The third kappa shape index (κ3) is 4.96. The number of carbonyl (C=O) groups excluding carboxylic acids is 1. The maximum Gasteiger partial charge on any atom is 0.336 e. The molecule has 2 N–H and O–H groups in total. The van der Waals surface area contributed by atoms with Gasteiger partial charge >= 0.3 is 11.6 Å². The lowest BCUT2D eigenvalue weighted by Crippen LogP contribution is -2.24.